The van der Waals surface area contributed by atoms with E-state index < -0.39 is 0 Å². The normalized spacial score (nSPS) is 27.6. The zero-order valence-corrected chi connectivity index (χ0v) is 11.6. The summed E-state index contributed by atoms with van der Waals surface area (Å²) in [6, 6.07) is 0.169. The molecule has 4 nitrogen and oxygen atoms in total. The molecule has 0 aromatic rings. The molecule has 0 aromatic carbocycles. The zero-order valence-electron chi connectivity index (χ0n) is 11.6. The Morgan fingerprint density at radius 3 is 2.83 bits per heavy atom. The van der Waals surface area contributed by atoms with Gasteiger partial charge in [-0.1, -0.05) is 32.8 Å². The fourth-order valence-corrected chi connectivity index (χ4v) is 2.59. The number of rotatable bonds is 5. The third kappa shape index (κ3) is 4.02. The maximum Gasteiger partial charge on any atom is 0.317 e. The van der Waals surface area contributed by atoms with E-state index in [1.165, 1.54) is 12.8 Å². The molecule has 2 N–H and O–H groups in total. The Balaban J connectivity index is 2.53. The summed E-state index contributed by atoms with van der Waals surface area (Å²) in [6.07, 6.45) is 5.17. The molecule has 1 fully saturated rings. The minimum absolute atomic E-state index is 0.0160. The van der Waals surface area contributed by atoms with Crippen molar-refractivity contribution < 1.29 is 9.90 Å². The quantitative estimate of drug-likeness (QED) is 0.737. The van der Waals surface area contributed by atoms with E-state index in [1.807, 2.05) is 0 Å². The summed E-state index contributed by atoms with van der Waals surface area (Å²) >= 11 is 0. The summed E-state index contributed by atoms with van der Waals surface area (Å²) in [6.45, 7) is 8.91. The van der Waals surface area contributed by atoms with Crippen molar-refractivity contribution in [2.24, 2.45) is 11.8 Å². The fourth-order valence-electron chi connectivity index (χ4n) is 2.59. The van der Waals surface area contributed by atoms with Crippen LogP contribution in [0.4, 0.5) is 4.79 Å². The first kappa shape index (κ1) is 15.0. The predicted molar refractivity (Wildman–Crippen MR) is 73.4 cm³/mol. The molecule has 1 aliphatic rings. The first-order valence-electron chi connectivity index (χ1n) is 6.87. The van der Waals surface area contributed by atoms with Crippen LogP contribution in [-0.4, -0.2) is 41.8 Å². The van der Waals surface area contributed by atoms with Crippen molar-refractivity contribution in [3.05, 3.63) is 12.7 Å². The number of carbonyl (C=O) groups excluding carboxylic acids is 1. The van der Waals surface area contributed by atoms with Gasteiger partial charge in [-0.05, 0) is 18.3 Å². The molecule has 0 spiro atoms. The number of nitrogens with one attached hydrogen (secondary N) is 1. The van der Waals surface area contributed by atoms with E-state index in [0.29, 0.717) is 24.9 Å². The number of hydrogen-bond donors (Lipinski definition) is 2. The van der Waals surface area contributed by atoms with E-state index in [9.17, 15) is 4.79 Å². The molecule has 104 valence electrons. The molecule has 1 saturated carbocycles. The van der Waals surface area contributed by atoms with Crippen LogP contribution in [0.1, 0.15) is 33.1 Å². The molecule has 0 saturated heterocycles. The zero-order chi connectivity index (χ0) is 13.5. The average Bonchev–Trinajstić information content (AvgIpc) is 2.34. The molecule has 0 radical (unpaired) electrons. The van der Waals surface area contributed by atoms with E-state index in [4.69, 9.17) is 5.11 Å². The Morgan fingerprint density at radius 1 is 1.50 bits per heavy atom. The Labute approximate surface area is 110 Å². The van der Waals surface area contributed by atoms with Crippen LogP contribution < -0.4 is 5.32 Å². The number of nitrogens with zero attached hydrogens (tertiary/aromatic N) is 1. The number of amides is 2. The van der Waals surface area contributed by atoms with E-state index in [0.717, 1.165) is 6.42 Å². The second-order valence-corrected chi connectivity index (χ2v) is 5.28. The van der Waals surface area contributed by atoms with E-state index in [1.54, 1.807) is 11.0 Å². The topological polar surface area (TPSA) is 52.6 Å². The standard InChI is InChI=1S/C14H26N2O2/c1-4-8-16(9-10-17)14(18)15-13-7-5-6-11(2)12(13)3/h4,11-13,17H,1,5-10H2,2-3H3,(H,15,18). The van der Waals surface area contributed by atoms with Gasteiger partial charge in [0.25, 0.3) is 0 Å². The third-order valence-electron chi connectivity index (χ3n) is 4.02. The van der Waals surface area contributed by atoms with Gasteiger partial charge in [-0.25, -0.2) is 4.79 Å². The van der Waals surface area contributed by atoms with Crippen molar-refractivity contribution in [2.45, 2.75) is 39.2 Å². The molecular weight excluding hydrogens is 228 g/mol. The number of aliphatic hydroxyl groups is 1. The summed E-state index contributed by atoms with van der Waals surface area (Å²) < 4.78 is 0. The molecule has 0 heterocycles. The highest BCUT2D eigenvalue weighted by atomic mass is 16.3. The number of hydrogen-bond acceptors (Lipinski definition) is 2. The van der Waals surface area contributed by atoms with Crippen LogP contribution >= 0.6 is 0 Å². The number of aliphatic hydroxyl groups excluding tert-OH is 1. The van der Waals surface area contributed by atoms with Crippen LogP contribution in [0.15, 0.2) is 12.7 Å². The van der Waals surface area contributed by atoms with Gasteiger partial charge in [0.05, 0.1) is 6.61 Å². The van der Waals surface area contributed by atoms with Crippen molar-refractivity contribution in [3.8, 4) is 0 Å². The van der Waals surface area contributed by atoms with Crippen LogP contribution in [0.5, 0.6) is 0 Å². The monoisotopic (exact) mass is 254 g/mol. The summed E-state index contributed by atoms with van der Waals surface area (Å²) in [5.74, 6) is 1.18. The lowest BCUT2D eigenvalue weighted by atomic mass is 9.78. The van der Waals surface area contributed by atoms with Crippen LogP contribution in [0.25, 0.3) is 0 Å². The largest absolute Gasteiger partial charge is 0.395 e. The van der Waals surface area contributed by atoms with Gasteiger partial charge in [0.15, 0.2) is 0 Å². The fraction of sp³-hybridized carbons (Fsp3) is 0.786. The average molecular weight is 254 g/mol. The maximum absolute atomic E-state index is 12.1. The Hall–Kier alpha value is -1.03. The molecule has 0 aromatic heterocycles. The molecule has 0 bridgehead atoms. The van der Waals surface area contributed by atoms with Gasteiger partial charge in [0.2, 0.25) is 0 Å². The van der Waals surface area contributed by atoms with Crippen molar-refractivity contribution in [2.75, 3.05) is 19.7 Å². The third-order valence-corrected chi connectivity index (χ3v) is 4.02. The van der Waals surface area contributed by atoms with Crippen LogP contribution in [0, 0.1) is 11.8 Å². The van der Waals surface area contributed by atoms with Crippen molar-refractivity contribution in [1.82, 2.24) is 10.2 Å². The van der Waals surface area contributed by atoms with Crippen molar-refractivity contribution in [1.29, 1.82) is 0 Å². The van der Waals surface area contributed by atoms with Crippen molar-refractivity contribution >= 4 is 6.03 Å². The Kier molecular flexibility index (Phi) is 6.19. The van der Waals surface area contributed by atoms with Gasteiger partial charge in [0, 0.05) is 19.1 Å². The van der Waals surface area contributed by atoms with E-state index >= 15 is 0 Å². The first-order valence-corrected chi connectivity index (χ1v) is 6.87. The van der Waals surface area contributed by atoms with Crippen molar-refractivity contribution in [3.63, 3.8) is 0 Å². The Bertz CT molecular complexity index is 281. The molecule has 1 aliphatic carbocycles. The highest BCUT2D eigenvalue weighted by Crippen LogP contribution is 2.29. The lowest BCUT2D eigenvalue weighted by molar-refractivity contribution is 0.161. The van der Waals surface area contributed by atoms with Gasteiger partial charge in [0.1, 0.15) is 0 Å². The molecule has 3 unspecified atom stereocenters. The summed E-state index contributed by atoms with van der Waals surface area (Å²) in [5, 5.41) is 12.1. The lowest BCUT2D eigenvalue weighted by Crippen LogP contribution is -2.50. The highest BCUT2D eigenvalue weighted by molar-refractivity contribution is 5.74. The van der Waals surface area contributed by atoms with Crippen LogP contribution in [0.3, 0.4) is 0 Å². The lowest BCUT2D eigenvalue weighted by Gasteiger charge is -2.35. The van der Waals surface area contributed by atoms with Gasteiger partial charge in [-0.2, -0.15) is 0 Å². The minimum atomic E-state index is -0.0881. The van der Waals surface area contributed by atoms with E-state index in [-0.39, 0.29) is 18.7 Å². The minimum Gasteiger partial charge on any atom is -0.395 e. The summed E-state index contributed by atoms with van der Waals surface area (Å²) in [4.78, 5) is 13.7. The maximum atomic E-state index is 12.1. The van der Waals surface area contributed by atoms with Crippen LogP contribution in [-0.2, 0) is 0 Å². The number of carbonyl (C=O) groups is 1. The van der Waals surface area contributed by atoms with E-state index in [2.05, 4.69) is 25.7 Å². The SMILES string of the molecule is C=CCN(CCO)C(=O)NC1CCCC(C)C1C. The molecule has 0 aliphatic heterocycles. The van der Waals surface area contributed by atoms with Gasteiger partial charge in [-0.3, -0.25) is 0 Å². The molecule has 4 heteroatoms. The summed E-state index contributed by atoms with van der Waals surface area (Å²) in [5.41, 5.74) is 0. The molecule has 2 amide bonds. The van der Waals surface area contributed by atoms with Gasteiger partial charge < -0.3 is 15.3 Å². The Morgan fingerprint density at radius 2 is 2.22 bits per heavy atom. The second kappa shape index (κ2) is 7.41. The number of urea groups is 1. The highest BCUT2D eigenvalue weighted by Gasteiger charge is 2.29. The molecule has 18 heavy (non-hydrogen) atoms. The molecule has 1 rings (SSSR count). The predicted octanol–water partition coefficient (Wildman–Crippen LogP) is 2.00. The molecular formula is C14H26N2O2. The van der Waals surface area contributed by atoms with Gasteiger partial charge in [-0.15, -0.1) is 6.58 Å². The molecule has 3 atom stereocenters. The first-order chi connectivity index (χ1) is 8.60. The van der Waals surface area contributed by atoms with Gasteiger partial charge >= 0.3 is 6.03 Å². The van der Waals surface area contributed by atoms with Crippen LogP contribution in [0.2, 0.25) is 0 Å². The summed E-state index contributed by atoms with van der Waals surface area (Å²) in [7, 11) is 0. The second-order valence-electron chi connectivity index (χ2n) is 5.28. The smallest absolute Gasteiger partial charge is 0.317 e.